The van der Waals surface area contributed by atoms with Gasteiger partial charge in [0.25, 0.3) is 5.91 Å². The van der Waals surface area contributed by atoms with Crippen LogP contribution in [0.5, 0.6) is 0 Å². The number of rotatable bonds is 6. The summed E-state index contributed by atoms with van der Waals surface area (Å²) in [4.78, 5) is 15.1. The van der Waals surface area contributed by atoms with E-state index in [0.29, 0.717) is 23.3 Å². The second-order valence-corrected chi connectivity index (χ2v) is 7.58. The number of para-hydroxylation sites is 1. The summed E-state index contributed by atoms with van der Waals surface area (Å²) in [6.07, 6.45) is 0. The topological polar surface area (TPSA) is 37.3 Å². The summed E-state index contributed by atoms with van der Waals surface area (Å²) in [5.41, 5.74) is 3.78. The lowest BCUT2D eigenvalue weighted by Gasteiger charge is -2.22. The van der Waals surface area contributed by atoms with Crippen molar-refractivity contribution >= 4 is 28.4 Å². The Labute approximate surface area is 165 Å². The van der Waals surface area contributed by atoms with E-state index in [9.17, 15) is 4.79 Å². The second-order valence-electron chi connectivity index (χ2n) is 7.20. The van der Waals surface area contributed by atoms with Gasteiger partial charge in [-0.1, -0.05) is 54.1 Å². The molecule has 4 nitrogen and oxygen atoms in total. The highest BCUT2D eigenvalue weighted by molar-refractivity contribution is 6.38. The van der Waals surface area contributed by atoms with Crippen molar-refractivity contribution in [2.75, 3.05) is 7.05 Å². The first-order valence-electron chi connectivity index (χ1n) is 9.18. The highest BCUT2D eigenvalue weighted by Gasteiger charge is 2.19. The van der Waals surface area contributed by atoms with Crippen LogP contribution in [-0.2, 0) is 20.1 Å². The summed E-state index contributed by atoms with van der Waals surface area (Å²) in [6, 6.07) is 16.5. The Morgan fingerprint density at radius 3 is 2.41 bits per heavy atom. The number of aryl methyl sites for hydroxylation is 1. The van der Waals surface area contributed by atoms with E-state index in [0.717, 1.165) is 23.0 Å². The third-order valence-electron chi connectivity index (χ3n) is 5.12. The molecule has 1 N–H and O–H groups in total. The molecule has 142 valence electrons. The van der Waals surface area contributed by atoms with Gasteiger partial charge in [0.05, 0.1) is 5.02 Å². The van der Waals surface area contributed by atoms with Crippen LogP contribution in [0.4, 0.5) is 0 Å². The van der Waals surface area contributed by atoms with Gasteiger partial charge in [-0.25, -0.2) is 0 Å². The molecule has 5 heteroatoms. The van der Waals surface area contributed by atoms with Gasteiger partial charge in [0.2, 0.25) is 0 Å². The molecule has 0 aliphatic rings. The molecule has 0 aliphatic carbocycles. The standard InChI is InChI=1S/C22H26ClN3O/c1-15(2)25(3)14-17-10-6-5-9-16(17)13-24-22(27)21-20(23)18-11-7-8-12-19(18)26(21)4/h5-12,15H,13-14H2,1-4H3,(H,24,27). The van der Waals surface area contributed by atoms with Crippen LogP contribution in [0.3, 0.4) is 0 Å². The van der Waals surface area contributed by atoms with Crippen molar-refractivity contribution in [3.05, 3.63) is 70.4 Å². The van der Waals surface area contributed by atoms with Crippen LogP contribution in [0, 0.1) is 0 Å². The van der Waals surface area contributed by atoms with Gasteiger partial charge in [-0.3, -0.25) is 9.69 Å². The Morgan fingerprint density at radius 1 is 1.11 bits per heavy atom. The first kappa shape index (κ1) is 19.5. The fraction of sp³-hybridized carbons (Fsp3) is 0.318. The van der Waals surface area contributed by atoms with E-state index in [2.05, 4.69) is 43.2 Å². The minimum absolute atomic E-state index is 0.161. The number of fused-ring (bicyclic) bond motifs is 1. The lowest BCUT2D eigenvalue weighted by Crippen LogP contribution is -2.28. The summed E-state index contributed by atoms with van der Waals surface area (Å²) < 4.78 is 1.85. The van der Waals surface area contributed by atoms with Crippen LogP contribution in [0.1, 0.15) is 35.5 Å². The Balaban J connectivity index is 1.79. The summed E-state index contributed by atoms with van der Waals surface area (Å²) >= 11 is 6.49. The molecule has 2 aromatic carbocycles. The van der Waals surface area contributed by atoms with E-state index in [4.69, 9.17) is 11.6 Å². The summed E-state index contributed by atoms with van der Waals surface area (Å²) in [5.74, 6) is -0.161. The van der Waals surface area contributed by atoms with Gasteiger partial charge in [0.15, 0.2) is 0 Å². The van der Waals surface area contributed by atoms with Crippen LogP contribution in [-0.4, -0.2) is 28.5 Å². The molecule has 0 saturated carbocycles. The number of carbonyl (C=O) groups excluding carboxylic acids is 1. The van der Waals surface area contributed by atoms with Crippen LogP contribution < -0.4 is 5.32 Å². The molecule has 0 radical (unpaired) electrons. The van der Waals surface area contributed by atoms with Gasteiger partial charge in [0.1, 0.15) is 5.69 Å². The van der Waals surface area contributed by atoms with Gasteiger partial charge in [-0.2, -0.15) is 0 Å². The Bertz CT molecular complexity index is 922. The largest absolute Gasteiger partial charge is 0.347 e. The van der Waals surface area contributed by atoms with Crippen molar-refractivity contribution in [2.45, 2.75) is 33.0 Å². The molecule has 27 heavy (non-hydrogen) atoms. The molecule has 1 aromatic heterocycles. The Morgan fingerprint density at radius 2 is 1.74 bits per heavy atom. The van der Waals surface area contributed by atoms with Crippen molar-refractivity contribution in [2.24, 2.45) is 7.05 Å². The number of nitrogens with zero attached hydrogens (tertiary/aromatic N) is 2. The maximum absolute atomic E-state index is 12.8. The molecule has 0 aliphatic heterocycles. The molecule has 0 saturated heterocycles. The number of amides is 1. The minimum atomic E-state index is -0.161. The molecule has 0 spiro atoms. The number of halogens is 1. The first-order chi connectivity index (χ1) is 12.9. The number of benzene rings is 2. The number of aromatic nitrogens is 1. The monoisotopic (exact) mass is 383 g/mol. The van der Waals surface area contributed by atoms with Gasteiger partial charge in [-0.05, 0) is 38.1 Å². The van der Waals surface area contributed by atoms with Gasteiger partial charge in [-0.15, -0.1) is 0 Å². The zero-order valence-corrected chi connectivity index (χ0v) is 17.0. The smallest absolute Gasteiger partial charge is 0.269 e. The number of hydrogen-bond donors (Lipinski definition) is 1. The van der Waals surface area contributed by atoms with Gasteiger partial charge >= 0.3 is 0 Å². The third kappa shape index (κ3) is 4.02. The lowest BCUT2D eigenvalue weighted by molar-refractivity contribution is 0.0943. The van der Waals surface area contributed by atoms with E-state index in [1.54, 1.807) is 0 Å². The molecular weight excluding hydrogens is 358 g/mol. The summed E-state index contributed by atoms with van der Waals surface area (Å²) in [6.45, 7) is 5.66. The fourth-order valence-corrected chi connectivity index (χ4v) is 3.57. The lowest BCUT2D eigenvalue weighted by atomic mass is 10.1. The predicted molar refractivity (Wildman–Crippen MR) is 112 cm³/mol. The average molecular weight is 384 g/mol. The van der Waals surface area contributed by atoms with Crippen LogP contribution in [0.2, 0.25) is 5.02 Å². The SMILES string of the molecule is CC(C)N(C)Cc1ccccc1CNC(=O)c1c(Cl)c2ccccc2n1C. The third-order valence-corrected chi connectivity index (χ3v) is 5.50. The maximum Gasteiger partial charge on any atom is 0.269 e. The van der Waals surface area contributed by atoms with Crippen molar-refractivity contribution < 1.29 is 4.79 Å². The molecule has 0 fully saturated rings. The zero-order valence-electron chi connectivity index (χ0n) is 16.3. The Kier molecular flexibility index (Phi) is 5.88. The average Bonchev–Trinajstić information content (AvgIpc) is 2.92. The van der Waals surface area contributed by atoms with Gasteiger partial charge < -0.3 is 9.88 Å². The van der Waals surface area contributed by atoms with Gasteiger partial charge in [0, 0.05) is 37.1 Å². The quantitative estimate of drug-likeness (QED) is 0.675. The highest BCUT2D eigenvalue weighted by Crippen LogP contribution is 2.29. The maximum atomic E-state index is 12.8. The minimum Gasteiger partial charge on any atom is -0.347 e. The first-order valence-corrected chi connectivity index (χ1v) is 9.56. The van der Waals surface area contributed by atoms with Crippen LogP contribution >= 0.6 is 11.6 Å². The van der Waals surface area contributed by atoms with E-state index < -0.39 is 0 Å². The summed E-state index contributed by atoms with van der Waals surface area (Å²) in [5, 5.41) is 4.43. The molecule has 0 bridgehead atoms. The Hall–Kier alpha value is -2.30. The second kappa shape index (κ2) is 8.15. The fourth-order valence-electron chi connectivity index (χ4n) is 3.19. The van der Waals surface area contributed by atoms with Crippen molar-refractivity contribution in [3.63, 3.8) is 0 Å². The number of carbonyl (C=O) groups is 1. The van der Waals surface area contributed by atoms with E-state index in [-0.39, 0.29) is 5.91 Å². The molecule has 1 amide bonds. The van der Waals surface area contributed by atoms with E-state index in [1.165, 1.54) is 5.56 Å². The number of nitrogens with one attached hydrogen (secondary N) is 1. The van der Waals surface area contributed by atoms with Crippen LogP contribution in [0.15, 0.2) is 48.5 Å². The highest BCUT2D eigenvalue weighted by atomic mass is 35.5. The van der Waals surface area contributed by atoms with Crippen molar-refractivity contribution in [3.8, 4) is 0 Å². The van der Waals surface area contributed by atoms with Crippen LogP contribution in [0.25, 0.3) is 10.9 Å². The number of hydrogen-bond acceptors (Lipinski definition) is 2. The van der Waals surface area contributed by atoms with E-state index >= 15 is 0 Å². The normalized spacial score (nSPS) is 11.5. The molecule has 0 unspecified atom stereocenters. The zero-order chi connectivity index (χ0) is 19.6. The summed E-state index contributed by atoms with van der Waals surface area (Å²) in [7, 11) is 3.98. The molecular formula is C22H26ClN3O. The molecule has 1 heterocycles. The predicted octanol–water partition coefficient (Wildman–Crippen LogP) is 4.60. The molecule has 3 aromatic rings. The van der Waals surface area contributed by atoms with Crippen molar-refractivity contribution in [1.82, 2.24) is 14.8 Å². The molecule has 0 atom stereocenters. The molecule has 3 rings (SSSR count). The van der Waals surface area contributed by atoms with E-state index in [1.807, 2.05) is 48.0 Å². The van der Waals surface area contributed by atoms with Crippen molar-refractivity contribution in [1.29, 1.82) is 0 Å².